The van der Waals surface area contributed by atoms with Crippen LogP contribution >= 0.6 is 23.2 Å². The minimum absolute atomic E-state index is 0.0437. The Hall–Kier alpha value is -3.15. The van der Waals surface area contributed by atoms with Gasteiger partial charge in [-0.05, 0) is 44.2 Å². The Kier molecular flexibility index (Phi) is 6.31. The van der Waals surface area contributed by atoms with Gasteiger partial charge in [0.05, 0.1) is 10.7 Å². The van der Waals surface area contributed by atoms with E-state index >= 15 is 4.39 Å². The number of rotatable bonds is 5. The van der Waals surface area contributed by atoms with Crippen molar-refractivity contribution >= 4 is 29.1 Å². The first-order valence-corrected chi connectivity index (χ1v) is 10.8. The van der Waals surface area contributed by atoms with Crippen molar-refractivity contribution in [2.45, 2.75) is 19.9 Å². The molecule has 4 rings (SSSR count). The maximum atomic E-state index is 15.2. The first kappa shape index (κ1) is 22.1. The zero-order valence-corrected chi connectivity index (χ0v) is 19.0. The molecule has 4 aromatic rings. The van der Waals surface area contributed by atoms with Crippen LogP contribution in [0.3, 0.4) is 0 Å². The highest BCUT2D eigenvalue weighted by atomic mass is 35.5. The summed E-state index contributed by atoms with van der Waals surface area (Å²) < 4.78 is 17.0. The number of benzene rings is 3. The minimum atomic E-state index is -0.629. The molecule has 0 radical (unpaired) electrons. The van der Waals surface area contributed by atoms with Crippen LogP contribution in [0, 0.1) is 5.82 Å². The Morgan fingerprint density at radius 2 is 1.72 bits per heavy atom. The fourth-order valence-electron chi connectivity index (χ4n) is 3.49. The number of amides is 1. The molecule has 1 amide bonds. The quantitative estimate of drug-likeness (QED) is 0.351. The van der Waals surface area contributed by atoms with E-state index in [9.17, 15) is 4.79 Å². The van der Waals surface area contributed by atoms with Crippen molar-refractivity contribution < 1.29 is 9.18 Å². The van der Waals surface area contributed by atoms with Crippen LogP contribution in [0.15, 0.2) is 72.8 Å². The van der Waals surface area contributed by atoms with Crippen molar-refractivity contribution in [1.82, 2.24) is 14.9 Å². The van der Waals surface area contributed by atoms with Crippen LogP contribution in [0.4, 0.5) is 4.39 Å². The molecular formula is C25H20Cl2FN3O. The summed E-state index contributed by atoms with van der Waals surface area (Å²) in [4.78, 5) is 17.9. The van der Waals surface area contributed by atoms with Crippen molar-refractivity contribution in [3.8, 4) is 28.3 Å². The van der Waals surface area contributed by atoms with E-state index in [1.165, 1.54) is 6.07 Å². The second-order valence-corrected chi connectivity index (χ2v) is 8.39. The summed E-state index contributed by atoms with van der Waals surface area (Å²) in [6, 6.07) is 21.1. The van der Waals surface area contributed by atoms with Crippen LogP contribution in [-0.2, 0) is 0 Å². The molecule has 0 saturated heterocycles. The predicted molar refractivity (Wildman–Crippen MR) is 127 cm³/mol. The van der Waals surface area contributed by atoms with Gasteiger partial charge in [0.25, 0.3) is 5.91 Å². The van der Waals surface area contributed by atoms with Crippen LogP contribution in [0.1, 0.15) is 24.3 Å². The Morgan fingerprint density at radius 3 is 2.41 bits per heavy atom. The van der Waals surface area contributed by atoms with E-state index in [1.54, 1.807) is 34.9 Å². The highest BCUT2D eigenvalue weighted by molar-refractivity contribution is 6.31. The average molecular weight is 468 g/mol. The molecule has 0 fully saturated rings. The normalized spacial score (nSPS) is 11.1. The lowest BCUT2D eigenvalue weighted by Gasteiger charge is -2.15. The summed E-state index contributed by atoms with van der Waals surface area (Å²) in [7, 11) is 0. The van der Waals surface area contributed by atoms with E-state index in [2.05, 4.69) is 10.3 Å². The van der Waals surface area contributed by atoms with Crippen molar-refractivity contribution in [3.63, 3.8) is 0 Å². The van der Waals surface area contributed by atoms with Crippen LogP contribution < -0.4 is 5.32 Å². The Morgan fingerprint density at radius 1 is 1.00 bits per heavy atom. The number of aromatic nitrogens is 2. The van der Waals surface area contributed by atoms with Gasteiger partial charge in [-0.25, -0.2) is 9.37 Å². The fraction of sp³-hybridized carbons (Fsp3) is 0.120. The number of hydrogen-bond donors (Lipinski definition) is 1. The summed E-state index contributed by atoms with van der Waals surface area (Å²) in [6.45, 7) is 3.70. The van der Waals surface area contributed by atoms with Gasteiger partial charge in [-0.1, -0.05) is 65.7 Å². The Bertz CT molecular complexity index is 1290. The SMILES string of the molecule is CC(C)NC(=O)c1nc(-c2ccccc2)n(-c2cccc(Cl)c2)c1-c1cccc(Cl)c1F. The zero-order valence-electron chi connectivity index (χ0n) is 17.4. The molecule has 7 heteroatoms. The number of nitrogens with zero attached hydrogens (tertiary/aromatic N) is 2. The monoisotopic (exact) mass is 467 g/mol. The van der Waals surface area contributed by atoms with Gasteiger partial charge in [0, 0.05) is 27.9 Å². The second-order valence-electron chi connectivity index (χ2n) is 7.54. The molecule has 0 spiro atoms. The summed E-state index contributed by atoms with van der Waals surface area (Å²) in [5, 5.41) is 3.32. The summed E-state index contributed by atoms with van der Waals surface area (Å²) in [5.74, 6) is -0.556. The minimum Gasteiger partial charge on any atom is -0.348 e. The summed E-state index contributed by atoms with van der Waals surface area (Å²) >= 11 is 12.4. The lowest BCUT2D eigenvalue weighted by atomic mass is 10.1. The molecule has 1 N–H and O–H groups in total. The van der Waals surface area contributed by atoms with E-state index in [0.29, 0.717) is 22.2 Å². The molecule has 4 nitrogen and oxygen atoms in total. The molecule has 0 aliphatic heterocycles. The van der Waals surface area contributed by atoms with Gasteiger partial charge in [0.15, 0.2) is 11.5 Å². The summed E-state index contributed by atoms with van der Waals surface area (Å²) in [6.07, 6.45) is 0. The third-order valence-corrected chi connectivity index (χ3v) is 5.34. The topological polar surface area (TPSA) is 46.9 Å². The average Bonchev–Trinajstić information content (AvgIpc) is 3.16. The van der Waals surface area contributed by atoms with Crippen molar-refractivity contribution in [2.24, 2.45) is 0 Å². The number of hydrogen-bond acceptors (Lipinski definition) is 2. The zero-order chi connectivity index (χ0) is 22.8. The van der Waals surface area contributed by atoms with Gasteiger partial charge in [-0.3, -0.25) is 9.36 Å². The van der Waals surface area contributed by atoms with Crippen LogP contribution in [0.25, 0.3) is 28.3 Å². The van der Waals surface area contributed by atoms with Gasteiger partial charge in [-0.15, -0.1) is 0 Å². The predicted octanol–water partition coefficient (Wildman–Crippen LogP) is 6.79. The third-order valence-electron chi connectivity index (χ3n) is 4.82. The second kappa shape index (κ2) is 9.15. The van der Waals surface area contributed by atoms with Crippen LogP contribution in [0.5, 0.6) is 0 Å². The van der Waals surface area contributed by atoms with Crippen LogP contribution in [0.2, 0.25) is 10.0 Å². The molecule has 3 aromatic carbocycles. The van der Waals surface area contributed by atoms with Gasteiger partial charge >= 0.3 is 0 Å². The number of imidazole rings is 1. The Balaban J connectivity index is 2.12. The molecule has 0 unspecified atom stereocenters. The smallest absolute Gasteiger partial charge is 0.272 e. The highest BCUT2D eigenvalue weighted by Gasteiger charge is 2.28. The van der Waals surface area contributed by atoms with Crippen molar-refractivity contribution in [3.05, 3.63) is 94.4 Å². The molecule has 0 saturated carbocycles. The van der Waals surface area contributed by atoms with E-state index in [1.807, 2.05) is 50.2 Å². The first-order chi connectivity index (χ1) is 15.4. The maximum Gasteiger partial charge on any atom is 0.272 e. The molecular weight excluding hydrogens is 448 g/mol. The molecule has 162 valence electrons. The number of halogens is 3. The van der Waals surface area contributed by atoms with Crippen molar-refractivity contribution in [2.75, 3.05) is 0 Å². The third kappa shape index (κ3) is 4.27. The fourth-order valence-corrected chi connectivity index (χ4v) is 3.85. The number of carbonyl (C=O) groups is 1. The molecule has 1 aromatic heterocycles. The van der Waals surface area contributed by atoms with Gasteiger partial charge in [-0.2, -0.15) is 0 Å². The standard InChI is InChI=1S/C25H20Cl2FN3O/c1-15(2)29-25(32)22-23(19-12-7-13-20(27)21(19)28)31(18-11-6-10-17(26)14-18)24(30-22)16-8-4-3-5-9-16/h3-15H,1-2H3,(H,29,32). The molecule has 0 bridgehead atoms. The molecule has 1 heterocycles. The summed E-state index contributed by atoms with van der Waals surface area (Å²) in [5.41, 5.74) is 1.96. The lowest BCUT2D eigenvalue weighted by molar-refractivity contribution is 0.0939. The van der Waals surface area contributed by atoms with E-state index in [4.69, 9.17) is 23.2 Å². The highest BCUT2D eigenvalue weighted by Crippen LogP contribution is 2.37. The first-order valence-electron chi connectivity index (χ1n) is 10.1. The number of carbonyl (C=O) groups excluding carboxylic acids is 1. The van der Waals surface area contributed by atoms with Gasteiger partial charge in [0.1, 0.15) is 5.82 Å². The van der Waals surface area contributed by atoms with Gasteiger partial charge in [0.2, 0.25) is 0 Å². The largest absolute Gasteiger partial charge is 0.348 e. The number of nitrogens with one attached hydrogen (secondary N) is 1. The van der Waals surface area contributed by atoms with Gasteiger partial charge < -0.3 is 5.32 Å². The van der Waals surface area contributed by atoms with E-state index in [0.717, 1.165) is 5.56 Å². The maximum absolute atomic E-state index is 15.2. The lowest BCUT2D eigenvalue weighted by Crippen LogP contribution is -2.30. The molecule has 32 heavy (non-hydrogen) atoms. The molecule has 0 aliphatic rings. The van der Waals surface area contributed by atoms with E-state index < -0.39 is 11.7 Å². The van der Waals surface area contributed by atoms with E-state index in [-0.39, 0.29) is 22.3 Å². The van der Waals surface area contributed by atoms with Crippen molar-refractivity contribution in [1.29, 1.82) is 0 Å². The molecule has 0 atom stereocenters. The molecule has 0 aliphatic carbocycles. The van der Waals surface area contributed by atoms with Crippen LogP contribution in [-0.4, -0.2) is 21.5 Å². The Labute approximate surface area is 195 Å².